The van der Waals surface area contributed by atoms with Crippen LogP contribution in [0.25, 0.3) is 0 Å². The molecule has 134 valence electrons. The maximum atomic E-state index is 12.9. The van der Waals surface area contributed by atoms with E-state index in [0.717, 1.165) is 32.0 Å². The predicted octanol–water partition coefficient (Wildman–Crippen LogP) is 0.191. The zero-order chi connectivity index (χ0) is 18.1. The number of aromatic nitrogens is 1. The standard InChI is InChI=1S/C19H19ClN4O2/c20-14-4-3-5-15(12-14)24-18(25)13-16(19(24)26)22-8-10-23(11-9-22)17-6-1-2-7-21-17/h1-7,12,16H,8-11,13H2/p+2/t16-/m1/s1. The summed E-state index contributed by atoms with van der Waals surface area (Å²) in [6.45, 7) is 3.36. The molecule has 1 aromatic heterocycles. The largest absolute Gasteiger partial charge is 0.318 e. The molecule has 3 heterocycles. The molecule has 2 saturated heterocycles. The highest BCUT2D eigenvalue weighted by Gasteiger charge is 2.47. The lowest BCUT2D eigenvalue weighted by atomic mass is 10.1. The van der Waals surface area contributed by atoms with E-state index >= 15 is 0 Å². The van der Waals surface area contributed by atoms with Gasteiger partial charge in [-0.2, -0.15) is 0 Å². The van der Waals surface area contributed by atoms with Crippen LogP contribution >= 0.6 is 11.6 Å². The number of benzene rings is 1. The summed E-state index contributed by atoms with van der Waals surface area (Å²) in [6, 6.07) is 12.6. The molecule has 26 heavy (non-hydrogen) atoms. The van der Waals surface area contributed by atoms with E-state index in [1.54, 1.807) is 24.3 Å². The maximum Gasteiger partial charge on any atom is 0.292 e. The van der Waals surface area contributed by atoms with E-state index in [1.165, 1.54) is 9.80 Å². The van der Waals surface area contributed by atoms with Crippen molar-refractivity contribution in [2.45, 2.75) is 12.5 Å². The van der Waals surface area contributed by atoms with Crippen LogP contribution in [-0.2, 0) is 9.59 Å². The number of amides is 2. The highest BCUT2D eigenvalue weighted by molar-refractivity contribution is 6.31. The average Bonchev–Trinajstić information content (AvgIpc) is 2.97. The molecule has 2 N–H and O–H groups in total. The van der Waals surface area contributed by atoms with E-state index in [4.69, 9.17) is 11.6 Å². The molecule has 2 aromatic rings. The van der Waals surface area contributed by atoms with Crippen molar-refractivity contribution in [2.24, 2.45) is 0 Å². The second kappa shape index (κ2) is 7.05. The van der Waals surface area contributed by atoms with E-state index in [0.29, 0.717) is 10.7 Å². The Hall–Kier alpha value is -2.44. The first kappa shape index (κ1) is 17.0. The van der Waals surface area contributed by atoms with Gasteiger partial charge in [-0.25, -0.2) is 9.88 Å². The molecule has 2 amide bonds. The molecule has 1 aromatic carbocycles. The molecule has 1 atom stereocenters. The van der Waals surface area contributed by atoms with Crippen molar-refractivity contribution in [3.05, 3.63) is 53.7 Å². The van der Waals surface area contributed by atoms with Gasteiger partial charge in [-0.3, -0.25) is 14.5 Å². The Morgan fingerprint density at radius 3 is 2.58 bits per heavy atom. The van der Waals surface area contributed by atoms with E-state index in [-0.39, 0.29) is 24.3 Å². The predicted molar refractivity (Wildman–Crippen MR) is 98.3 cm³/mol. The third kappa shape index (κ3) is 3.18. The topological polar surface area (TPSA) is 59.2 Å². The molecule has 6 nitrogen and oxygen atoms in total. The molecule has 0 bridgehead atoms. The Morgan fingerprint density at radius 2 is 1.88 bits per heavy atom. The second-order valence-electron chi connectivity index (χ2n) is 6.70. The minimum absolute atomic E-state index is 0.119. The summed E-state index contributed by atoms with van der Waals surface area (Å²) in [7, 11) is 0. The van der Waals surface area contributed by atoms with Crippen molar-refractivity contribution < 1.29 is 19.5 Å². The number of piperazine rings is 1. The zero-order valence-corrected chi connectivity index (χ0v) is 15.1. The smallest absolute Gasteiger partial charge is 0.292 e. The number of nitrogens with one attached hydrogen (secondary N) is 2. The summed E-state index contributed by atoms with van der Waals surface area (Å²) in [4.78, 5) is 33.4. The number of aromatic amines is 1. The fourth-order valence-electron chi connectivity index (χ4n) is 3.80. The van der Waals surface area contributed by atoms with Gasteiger partial charge in [-0.05, 0) is 24.3 Å². The molecule has 0 unspecified atom stereocenters. The minimum Gasteiger partial charge on any atom is -0.318 e. The molecule has 2 fully saturated rings. The first-order valence-electron chi connectivity index (χ1n) is 8.82. The Kier molecular flexibility index (Phi) is 4.61. The number of hydrogen-bond donors (Lipinski definition) is 1. The van der Waals surface area contributed by atoms with Crippen molar-refractivity contribution in [3.63, 3.8) is 0 Å². The number of anilines is 2. The van der Waals surface area contributed by atoms with Gasteiger partial charge < -0.3 is 4.90 Å². The van der Waals surface area contributed by atoms with Crippen LogP contribution in [0, 0.1) is 0 Å². The van der Waals surface area contributed by atoms with Gasteiger partial charge in [0.1, 0.15) is 26.2 Å². The molecular weight excluding hydrogens is 352 g/mol. The van der Waals surface area contributed by atoms with Crippen LogP contribution in [0.15, 0.2) is 48.7 Å². The number of carbonyl (C=O) groups is 2. The lowest BCUT2D eigenvalue weighted by Crippen LogP contribution is -3.19. The molecule has 0 radical (unpaired) electrons. The highest BCUT2D eigenvalue weighted by Crippen LogP contribution is 2.24. The number of halogens is 1. The fraction of sp³-hybridized carbons (Fsp3) is 0.316. The normalized spacial score (nSPS) is 21.5. The maximum absolute atomic E-state index is 12.9. The van der Waals surface area contributed by atoms with Crippen molar-refractivity contribution in [1.82, 2.24) is 0 Å². The van der Waals surface area contributed by atoms with Gasteiger partial charge in [0.25, 0.3) is 11.7 Å². The molecule has 0 spiro atoms. The lowest BCUT2D eigenvalue weighted by Gasteiger charge is -2.31. The number of hydrogen-bond acceptors (Lipinski definition) is 3. The summed E-state index contributed by atoms with van der Waals surface area (Å²) in [5.74, 6) is 0.821. The zero-order valence-electron chi connectivity index (χ0n) is 14.3. The number of pyridine rings is 1. The van der Waals surface area contributed by atoms with Gasteiger partial charge in [0.15, 0.2) is 6.04 Å². The minimum atomic E-state index is -0.302. The van der Waals surface area contributed by atoms with Gasteiger partial charge in [-0.1, -0.05) is 23.7 Å². The SMILES string of the molecule is O=C1C[C@@H]([NH+]2CCN(c3cccc[nH+]3)CC2)C(=O)N1c1cccc(Cl)c1. The van der Waals surface area contributed by atoms with Crippen molar-refractivity contribution in [3.8, 4) is 0 Å². The molecule has 0 aliphatic carbocycles. The quantitative estimate of drug-likeness (QED) is 0.783. The Labute approximate surface area is 157 Å². The van der Waals surface area contributed by atoms with E-state index in [1.807, 2.05) is 18.3 Å². The number of H-pyrrole nitrogens is 1. The van der Waals surface area contributed by atoms with E-state index in [2.05, 4.69) is 16.0 Å². The highest BCUT2D eigenvalue weighted by atomic mass is 35.5. The third-order valence-corrected chi connectivity index (χ3v) is 5.38. The van der Waals surface area contributed by atoms with Crippen molar-refractivity contribution in [1.29, 1.82) is 0 Å². The van der Waals surface area contributed by atoms with Gasteiger partial charge in [0.2, 0.25) is 5.91 Å². The van der Waals surface area contributed by atoms with Crippen LogP contribution in [-0.4, -0.2) is 44.0 Å². The average molecular weight is 373 g/mol. The van der Waals surface area contributed by atoms with Crippen LogP contribution in [0.2, 0.25) is 5.02 Å². The molecule has 2 aliphatic rings. The third-order valence-electron chi connectivity index (χ3n) is 5.14. The van der Waals surface area contributed by atoms with Gasteiger partial charge in [0.05, 0.1) is 18.3 Å². The van der Waals surface area contributed by atoms with E-state index < -0.39 is 0 Å². The first-order valence-corrected chi connectivity index (χ1v) is 9.20. The number of carbonyl (C=O) groups excluding carboxylic acids is 2. The van der Waals surface area contributed by atoms with Gasteiger partial charge >= 0.3 is 0 Å². The Bertz CT molecular complexity index is 821. The van der Waals surface area contributed by atoms with Gasteiger partial charge in [-0.15, -0.1) is 0 Å². The summed E-state index contributed by atoms with van der Waals surface area (Å²) in [5.41, 5.74) is 0.562. The first-order chi connectivity index (χ1) is 12.6. The lowest BCUT2D eigenvalue weighted by molar-refractivity contribution is -0.915. The molecule has 0 saturated carbocycles. The van der Waals surface area contributed by atoms with Crippen LogP contribution in [0.1, 0.15) is 6.42 Å². The van der Waals surface area contributed by atoms with Crippen molar-refractivity contribution in [2.75, 3.05) is 36.0 Å². The monoisotopic (exact) mass is 372 g/mol. The Balaban J connectivity index is 1.45. The second-order valence-corrected chi connectivity index (χ2v) is 7.13. The van der Waals surface area contributed by atoms with Crippen LogP contribution in [0.5, 0.6) is 0 Å². The molecule has 7 heteroatoms. The number of nitrogens with zero attached hydrogens (tertiary/aromatic N) is 2. The van der Waals surface area contributed by atoms with Crippen LogP contribution in [0.3, 0.4) is 0 Å². The molecule has 2 aliphatic heterocycles. The number of quaternary nitrogens is 1. The Morgan fingerprint density at radius 1 is 1.08 bits per heavy atom. The summed E-state index contributed by atoms with van der Waals surface area (Å²) < 4.78 is 0. The molecular formula is C19H21ClN4O2+2. The van der Waals surface area contributed by atoms with Crippen molar-refractivity contribution >= 4 is 34.9 Å². The fourth-order valence-corrected chi connectivity index (χ4v) is 3.99. The van der Waals surface area contributed by atoms with Crippen LogP contribution in [0.4, 0.5) is 11.5 Å². The van der Waals surface area contributed by atoms with E-state index in [9.17, 15) is 9.59 Å². The number of imide groups is 1. The summed E-state index contributed by atoms with van der Waals surface area (Å²) in [6.07, 6.45) is 2.18. The summed E-state index contributed by atoms with van der Waals surface area (Å²) in [5, 5.41) is 0.520. The number of rotatable bonds is 3. The van der Waals surface area contributed by atoms with Crippen LogP contribution < -0.4 is 19.7 Å². The molecule has 4 rings (SSSR count). The van der Waals surface area contributed by atoms with Gasteiger partial charge in [0, 0.05) is 11.1 Å². The summed E-state index contributed by atoms with van der Waals surface area (Å²) >= 11 is 6.02.